The number of nitrogen functional groups attached to an aromatic ring is 1. The first-order chi connectivity index (χ1) is 8.49. The van der Waals surface area contributed by atoms with Gasteiger partial charge in [0, 0.05) is 7.05 Å². The number of hydrogen-bond acceptors (Lipinski definition) is 3. The lowest BCUT2D eigenvalue weighted by Gasteiger charge is -2.09. The molecule has 2 rings (SSSR count). The predicted octanol–water partition coefficient (Wildman–Crippen LogP) is 2.22. The third-order valence-electron chi connectivity index (χ3n) is 2.52. The Hall–Kier alpha value is -2.01. The zero-order valence-corrected chi connectivity index (χ0v) is 10.8. The van der Waals surface area contributed by atoms with Gasteiger partial charge in [-0.25, -0.2) is 0 Å². The molecular formula is C12H13ClN4O. The van der Waals surface area contributed by atoms with Crippen LogP contribution in [-0.2, 0) is 7.05 Å². The molecule has 0 saturated heterocycles. The van der Waals surface area contributed by atoms with Crippen molar-refractivity contribution >= 4 is 28.9 Å². The maximum atomic E-state index is 12.1. The minimum atomic E-state index is -0.294. The normalized spacial score (nSPS) is 10.4. The molecule has 1 aromatic carbocycles. The van der Waals surface area contributed by atoms with Gasteiger partial charge in [0.15, 0.2) is 0 Å². The highest BCUT2D eigenvalue weighted by molar-refractivity contribution is 6.34. The van der Waals surface area contributed by atoms with Crippen LogP contribution in [-0.4, -0.2) is 15.7 Å². The Balaban J connectivity index is 2.30. The molecule has 2 aromatic rings. The summed E-state index contributed by atoms with van der Waals surface area (Å²) in [6.45, 7) is 1.82. The second-order valence-electron chi connectivity index (χ2n) is 3.95. The Bertz CT molecular complexity index is 586. The highest BCUT2D eigenvalue weighted by Gasteiger charge is 2.14. The van der Waals surface area contributed by atoms with Gasteiger partial charge in [-0.05, 0) is 25.1 Å². The maximum Gasteiger partial charge on any atom is 0.274 e. The molecule has 0 aliphatic rings. The van der Waals surface area contributed by atoms with Crippen LogP contribution in [0.4, 0.5) is 11.4 Å². The fourth-order valence-corrected chi connectivity index (χ4v) is 1.90. The highest BCUT2D eigenvalue weighted by atomic mass is 35.5. The Morgan fingerprint density at radius 3 is 2.78 bits per heavy atom. The van der Waals surface area contributed by atoms with Crippen LogP contribution >= 0.6 is 11.6 Å². The molecule has 0 atom stereocenters. The van der Waals surface area contributed by atoms with Crippen molar-refractivity contribution in [1.29, 1.82) is 0 Å². The van der Waals surface area contributed by atoms with Gasteiger partial charge in [0.1, 0.15) is 5.69 Å². The smallest absolute Gasteiger partial charge is 0.274 e. The molecule has 18 heavy (non-hydrogen) atoms. The van der Waals surface area contributed by atoms with Gasteiger partial charge in [0.05, 0.1) is 22.1 Å². The second kappa shape index (κ2) is 4.70. The average molecular weight is 265 g/mol. The first-order valence-corrected chi connectivity index (χ1v) is 5.73. The van der Waals surface area contributed by atoms with Crippen LogP contribution in [0, 0.1) is 6.92 Å². The lowest BCUT2D eigenvalue weighted by atomic mass is 10.2. The maximum absolute atomic E-state index is 12.1. The molecule has 0 radical (unpaired) electrons. The number of benzene rings is 1. The van der Waals surface area contributed by atoms with E-state index in [4.69, 9.17) is 17.3 Å². The summed E-state index contributed by atoms with van der Waals surface area (Å²) in [6, 6.07) is 6.77. The van der Waals surface area contributed by atoms with E-state index in [-0.39, 0.29) is 5.91 Å². The zero-order valence-electron chi connectivity index (χ0n) is 10.1. The number of para-hydroxylation sites is 1. The van der Waals surface area contributed by atoms with E-state index in [0.717, 1.165) is 5.69 Å². The quantitative estimate of drug-likeness (QED) is 0.817. The van der Waals surface area contributed by atoms with E-state index in [1.165, 1.54) is 4.68 Å². The van der Waals surface area contributed by atoms with Crippen LogP contribution < -0.4 is 11.1 Å². The molecular weight excluding hydrogens is 252 g/mol. The average Bonchev–Trinajstić information content (AvgIpc) is 2.63. The van der Waals surface area contributed by atoms with E-state index >= 15 is 0 Å². The number of amides is 1. The van der Waals surface area contributed by atoms with Crippen LogP contribution in [0.15, 0.2) is 24.3 Å². The first-order valence-electron chi connectivity index (χ1n) is 5.35. The van der Waals surface area contributed by atoms with Gasteiger partial charge in [-0.3, -0.25) is 9.48 Å². The Kier molecular flexibility index (Phi) is 3.25. The lowest BCUT2D eigenvalue weighted by Crippen LogP contribution is -2.17. The number of nitrogens with zero attached hydrogens (tertiary/aromatic N) is 2. The van der Waals surface area contributed by atoms with Crippen molar-refractivity contribution in [3.63, 3.8) is 0 Å². The molecule has 0 bridgehead atoms. The standard InChI is InChI=1S/C12H13ClN4O/c1-7-6-10(17(2)16-7)12(18)15-11-8(13)4-3-5-9(11)14/h3-6H,14H2,1-2H3,(H,15,18). The van der Waals surface area contributed by atoms with Crippen LogP contribution in [0.5, 0.6) is 0 Å². The summed E-state index contributed by atoms with van der Waals surface area (Å²) < 4.78 is 1.51. The Morgan fingerprint density at radius 1 is 1.50 bits per heavy atom. The first kappa shape index (κ1) is 12.4. The van der Waals surface area contributed by atoms with E-state index in [0.29, 0.717) is 22.1 Å². The van der Waals surface area contributed by atoms with Gasteiger partial charge in [-0.2, -0.15) is 5.10 Å². The largest absolute Gasteiger partial charge is 0.397 e. The van der Waals surface area contributed by atoms with Crippen LogP contribution in [0.3, 0.4) is 0 Å². The summed E-state index contributed by atoms with van der Waals surface area (Å²) in [5.41, 5.74) is 7.84. The fraction of sp³-hybridized carbons (Fsp3) is 0.167. The highest BCUT2D eigenvalue weighted by Crippen LogP contribution is 2.28. The molecule has 6 heteroatoms. The summed E-state index contributed by atoms with van der Waals surface area (Å²) in [4.78, 5) is 12.1. The van der Waals surface area contributed by atoms with Gasteiger partial charge >= 0.3 is 0 Å². The van der Waals surface area contributed by atoms with Crippen molar-refractivity contribution < 1.29 is 4.79 Å². The monoisotopic (exact) mass is 264 g/mol. The molecule has 1 amide bonds. The molecule has 1 heterocycles. The third-order valence-corrected chi connectivity index (χ3v) is 2.83. The van der Waals surface area contributed by atoms with Crippen LogP contribution in [0.2, 0.25) is 5.02 Å². The zero-order chi connectivity index (χ0) is 13.3. The number of anilines is 2. The fourth-order valence-electron chi connectivity index (χ4n) is 1.67. The van der Waals surface area contributed by atoms with Crippen LogP contribution in [0.1, 0.15) is 16.2 Å². The molecule has 5 nitrogen and oxygen atoms in total. The topological polar surface area (TPSA) is 72.9 Å². The van der Waals surface area contributed by atoms with Gasteiger partial charge in [-0.15, -0.1) is 0 Å². The van der Waals surface area contributed by atoms with Crippen LogP contribution in [0.25, 0.3) is 0 Å². The number of carbonyl (C=O) groups is 1. The summed E-state index contributed by atoms with van der Waals surface area (Å²) in [7, 11) is 1.71. The van der Waals surface area contributed by atoms with Gasteiger partial charge in [0.2, 0.25) is 0 Å². The number of halogens is 1. The minimum absolute atomic E-state index is 0.294. The molecule has 0 unspecified atom stereocenters. The summed E-state index contributed by atoms with van der Waals surface area (Å²) in [5.74, 6) is -0.294. The van der Waals surface area contributed by atoms with Crippen molar-refractivity contribution in [2.75, 3.05) is 11.1 Å². The molecule has 0 aliphatic heterocycles. The number of aromatic nitrogens is 2. The van der Waals surface area contributed by atoms with E-state index in [9.17, 15) is 4.79 Å². The van der Waals surface area contributed by atoms with E-state index in [2.05, 4.69) is 10.4 Å². The number of aryl methyl sites for hydroxylation is 2. The summed E-state index contributed by atoms with van der Waals surface area (Å²) in [5, 5.41) is 7.21. The summed E-state index contributed by atoms with van der Waals surface area (Å²) >= 11 is 5.99. The second-order valence-corrected chi connectivity index (χ2v) is 4.36. The molecule has 0 aliphatic carbocycles. The molecule has 94 valence electrons. The molecule has 0 saturated carbocycles. The minimum Gasteiger partial charge on any atom is -0.397 e. The predicted molar refractivity (Wildman–Crippen MR) is 71.8 cm³/mol. The number of nitrogens with two attached hydrogens (primary N) is 1. The van der Waals surface area contributed by atoms with Crippen molar-refractivity contribution in [3.05, 3.63) is 40.7 Å². The van der Waals surface area contributed by atoms with Gasteiger partial charge in [0.25, 0.3) is 5.91 Å². The molecule has 3 N–H and O–H groups in total. The summed E-state index contributed by atoms with van der Waals surface area (Å²) in [6.07, 6.45) is 0. The lowest BCUT2D eigenvalue weighted by molar-refractivity contribution is 0.101. The van der Waals surface area contributed by atoms with E-state index in [1.54, 1.807) is 31.3 Å². The Morgan fingerprint density at radius 2 is 2.22 bits per heavy atom. The van der Waals surface area contributed by atoms with E-state index in [1.807, 2.05) is 6.92 Å². The van der Waals surface area contributed by atoms with Crippen molar-refractivity contribution in [3.8, 4) is 0 Å². The third kappa shape index (κ3) is 2.31. The number of carbonyl (C=O) groups excluding carboxylic acids is 1. The molecule has 0 fully saturated rings. The number of rotatable bonds is 2. The van der Waals surface area contributed by atoms with Gasteiger partial charge < -0.3 is 11.1 Å². The SMILES string of the molecule is Cc1cc(C(=O)Nc2c(N)cccc2Cl)n(C)n1. The van der Waals surface area contributed by atoms with Gasteiger partial charge in [-0.1, -0.05) is 17.7 Å². The number of hydrogen-bond donors (Lipinski definition) is 2. The van der Waals surface area contributed by atoms with Crippen molar-refractivity contribution in [2.24, 2.45) is 7.05 Å². The Labute approximate surface area is 110 Å². The molecule has 1 aromatic heterocycles. The number of nitrogens with one attached hydrogen (secondary N) is 1. The van der Waals surface area contributed by atoms with Crippen molar-refractivity contribution in [1.82, 2.24) is 9.78 Å². The van der Waals surface area contributed by atoms with Crippen molar-refractivity contribution in [2.45, 2.75) is 6.92 Å². The van der Waals surface area contributed by atoms with E-state index < -0.39 is 0 Å². The molecule has 0 spiro atoms.